The number of halogens is 2. The first-order chi connectivity index (χ1) is 14.8. The highest BCUT2D eigenvalue weighted by Gasteiger charge is 2.23. The molecule has 1 amide bonds. The molecule has 2 heterocycles. The summed E-state index contributed by atoms with van der Waals surface area (Å²) in [7, 11) is 0. The van der Waals surface area contributed by atoms with Crippen LogP contribution in [-0.4, -0.2) is 25.7 Å². The maximum atomic E-state index is 14.2. The van der Waals surface area contributed by atoms with Crippen LogP contribution in [0.5, 0.6) is 0 Å². The monoisotopic (exact) mass is 437 g/mol. The predicted molar refractivity (Wildman–Crippen MR) is 119 cm³/mol. The van der Waals surface area contributed by atoms with Crippen molar-refractivity contribution in [3.8, 4) is 11.1 Å². The topological polar surface area (TPSA) is 72.2 Å². The van der Waals surface area contributed by atoms with Gasteiger partial charge >= 0.3 is 0 Å². The molecule has 4 aromatic rings. The summed E-state index contributed by atoms with van der Waals surface area (Å²) in [6.45, 7) is 7.58. The highest BCUT2D eigenvalue weighted by Crippen LogP contribution is 2.33. The van der Waals surface area contributed by atoms with E-state index < -0.39 is 11.7 Å². The van der Waals surface area contributed by atoms with Gasteiger partial charge in [0.25, 0.3) is 5.91 Å². The third-order valence-electron chi connectivity index (χ3n) is 5.04. The van der Waals surface area contributed by atoms with Crippen molar-refractivity contribution < 1.29 is 9.18 Å². The Bertz CT molecular complexity index is 1320. The second-order valence-electron chi connectivity index (χ2n) is 7.73. The van der Waals surface area contributed by atoms with Crippen molar-refractivity contribution in [3.63, 3.8) is 0 Å². The molecule has 0 atom stereocenters. The molecule has 0 fully saturated rings. The number of nitrogens with one attached hydrogen (secondary N) is 1. The van der Waals surface area contributed by atoms with Crippen LogP contribution < -0.4 is 5.32 Å². The van der Waals surface area contributed by atoms with Crippen LogP contribution in [0.2, 0.25) is 5.02 Å². The van der Waals surface area contributed by atoms with Gasteiger partial charge in [0.2, 0.25) is 0 Å². The Balaban J connectivity index is 1.81. The van der Waals surface area contributed by atoms with E-state index in [9.17, 15) is 9.18 Å². The number of nitrogens with zero attached hydrogens (tertiary/aromatic N) is 4. The van der Waals surface area contributed by atoms with Crippen molar-refractivity contribution in [1.82, 2.24) is 19.8 Å². The van der Waals surface area contributed by atoms with Gasteiger partial charge in [-0.3, -0.25) is 4.79 Å². The minimum Gasteiger partial charge on any atom is -0.318 e. The third-order valence-corrected chi connectivity index (χ3v) is 5.28. The minimum absolute atomic E-state index is 0.0722. The molecule has 0 aliphatic rings. The van der Waals surface area contributed by atoms with Crippen LogP contribution in [-0.2, 0) is 0 Å². The lowest BCUT2D eigenvalue weighted by atomic mass is 9.99. The number of amides is 1. The molecule has 4 rings (SSSR count). The number of benzene rings is 2. The summed E-state index contributed by atoms with van der Waals surface area (Å²) in [6.07, 6.45) is 0. The van der Waals surface area contributed by atoms with Crippen LogP contribution >= 0.6 is 11.6 Å². The van der Waals surface area contributed by atoms with Crippen LogP contribution in [0.25, 0.3) is 16.8 Å². The van der Waals surface area contributed by atoms with Gasteiger partial charge in [0.15, 0.2) is 11.3 Å². The predicted octanol–water partition coefficient (Wildman–Crippen LogP) is 5.58. The molecule has 0 bridgehead atoms. The molecular formula is C23H21ClFN5O. The summed E-state index contributed by atoms with van der Waals surface area (Å²) < 4.78 is 15.8. The van der Waals surface area contributed by atoms with Gasteiger partial charge in [-0.05, 0) is 55.2 Å². The van der Waals surface area contributed by atoms with Gasteiger partial charge in [-0.1, -0.05) is 43.6 Å². The number of carbonyl (C=O) groups is 1. The second-order valence-corrected chi connectivity index (χ2v) is 8.17. The normalized spacial score (nSPS) is 11.3. The van der Waals surface area contributed by atoms with E-state index in [4.69, 9.17) is 16.7 Å². The van der Waals surface area contributed by atoms with Gasteiger partial charge in [0, 0.05) is 5.02 Å². The zero-order valence-corrected chi connectivity index (χ0v) is 18.3. The molecular weight excluding hydrogens is 417 g/mol. The van der Waals surface area contributed by atoms with Crippen LogP contribution in [0.3, 0.4) is 0 Å². The lowest BCUT2D eigenvalue weighted by molar-refractivity contribution is 0.101. The van der Waals surface area contributed by atoms with E-state index in [2.05, 4.69) is 15.5 Å². The zero-order chi connectivity index (χ0) is 22.3. The molecule has 2 aromatic carbocycles. The molecule has 0 saturated heterocycles. The van der Waals surface area contributed by atoms with Crippen LogP contribution in [0, 0.1) is 19.7 Å². The fourth-order valence-electron chi connectivity index (χ4n) is 3.46. The SMILES string of the molecule is Cc1ccc(NC(=O)c2nnc3c(-c4cccc(Cl)c4)c(C(C)C)nn3c2C)c(F)c1. The molecule has 0 radical (unpaired) electrons. The fourth-order valence-corrected chi connectivity index (χ4v) is 3.65. The number of aryl methyl sites for hydroxylation is 2. The average Bonchev–Trinajstić information content (AvgIpc) is 3.11. The summed E-state index contributed by atoms with van der Waals surface area (Å²) in [5, 5.41) is 16.3. The van der Waals surface area contributed by atoms with Crippen LogP contribution in [0.15, 0.2) is 42.5 Å². The van der Waals surface area contributed by atoms with Gasteiger partial charge in [-0.25, -0.2) is 8.91 Å². The highest BCUT2D eigenvalue weighted by molar-refractivity contribution is 6.30. The van der Waals surface area contributed by atoms with Crippen molar-refractivity contribution in [3.05, 3.63) is 75.9 Å². The van der Waals surface area contributed by atoms with Crippen molar-refractivity contribution >= 4 is 28.8 Å². The zero-order valence-electron chi connectivity index (χ0n) is 17.6. The molecule has 158 valence electrons. The highest BCUT2D eigenvalue weighted by atomic mass is 35.5. The first-order valence-electron chi connectivity index (χ1n) is 9.85. The van der Waals surface area contributed by atoms with Crippen molar-refractivity contribution in [1.29, 1.82) is 0 Å². The quantitative estimate of drug-likeness (QED) is 0.452. The molecule has 0 aliphatic carbocycles. The van der Waals surface area contributed by atoms with E-state index in [0.29, 0.717) is 16.4 Å². The molecule has 0 aliphatic heterocycles. The Morgan fingerprint density at radius 1 is 1.13 bits per heavy atom. The Morgan fingerprint density at radius 3 is 2.58 bits per heavy atom. The lowest BCUT2D eigenvalue weighted by Crippen LogP contribution is -2.19. The number of anilines is 1. The first kappa shape index (κ1) is 20.9. The Kier molecular flexibility index (Phi) is 5.45. The largest absolute Gasteiger partial charge is 0.318 e. The number of fused-ring (bicyclic) bond motifs is 1. The first-order valence-corrected chi connectivity index (χ1v) is 10.2. The van der Waals surface area contributed by atoms with E-state index in [1.54, 1.807) is 30.5 Å². The average molecular weight is 438 g/mol. The van der Waals surface area contributed by atoms with Crippen molar-refractivity contribution in [2.45, 2.75) is 33.6 Å². The molecule has 1 N–H and O–H groups in total. The summed E-state index contributed by atoms with van der Waals surface area (Å²) in [5.41, 5.74) is 4.47. The number of hydrogen-bond donors (Lipinski definition) is 1. The van der Waals surface area contributed by atoms with Gasteiger partial charge in [-0.2, -0.15) is 5.10 Å². The van der Waals surface area contributed by atoms with E-state index in [0.717, 1.165) is 22.4 Å². The van der Waals surface area contributed by atoms with E-state index in [1.807, 2.05) is 32.0 Å². The van der Waals surface area contributed by atoms with Crippen LogP contribution in [0.4, 0.5) is 10.1 Å². The standard InChI is InChI=1S/C23H21ClFN5O/c1-12(2)20-19(15-6-5-7-16(24)11-15)22-28-27-21(14(4)30(22)29-20)23(31)26-18-9-8-13(3)10-17(18)25/h5-12H,1-4H3,(H,26,31). The van der Waals surface area contributed by atoms with Crippen molar-refractivity contribution in [2.75, 3.05) is 5.32 Å². The second kappa shape index (κ2) is 8.07. The van der Waals surface area contributed by atoms with E-state index in [-0.39, 0.29) is 17.3 Å². The minimum atomic E-state index is -0.555. The molecule has 8 heteroatoms. The van der Waals surface area contributed by atoms with E-state index >= 15 is 0 Å². The molecule has 0 spiro atoms. The number of rotatable bonds is 4. The number of carbonyl (C=O) groups excluding carboxylic acids is 1. The summed E-state index contributed by atoms with van der Waals surface area (Å²) in [5.74, 6) is -0.959. The Morgan fingerprint density at radius 2 is 1.90 bits per heavy atom. The summed E-state index contributed by atoms with van der Waals surface area (Å²) >= 11 is 6.20. The smallest absolute Gasteiger partial charge is 0.278 e. The molecule has 31 heavy (non-hydrogen) atoms. The Hall–Kier alpha value is -3.32. The molecule has 6 nitrogen and oxygen atoms in total. The van der Waals surface area contributed by atoms with Gasteiger partial charge in [0.1, 0.15) is 5.82 Å². The van der Waals surface area contributed by atoms with Gasteiger partial charge in [-0.15, -0.1) is 10.2 Å². The lowest BCUT2D eigenvalue weighted by Gasteiger charge is -2.09. The molecule has 0 saturated carbocycles. The van der Waals surface area contributed by atoms with Crippen molar-refractivity contribution in [2.24, 2.45) is 0 Å². The molecule has 2 aromatic heterocycles. The number of hydrogen-bond acceptors (Lipinski definition) is 4. The summed E-state index contributed by atoms with van der Waals surface area (Å²) in [6, 6.07) is 12.1. The maximum Gasteiger partial charge on any atom is 0.278 e. The third kappa shape index (κ3) is 3.88. The van der Waals surface area contributed by atoms with Gasteiger partial charge < -0.3 is 5.32 Å². The number of aromatic nitrogens is 4. The van der Waals surface area contributed by atoms with E-state index in [1.165, 1.54) is 12.1 Å². The summed E-state index contributed by atoms with van der Waals surface area (Å²) in [4.78, 5) is 12.8. The van der Waals surface area contributed by atoms with Crippen LogP contribution in [0.1, 0.15) is 47.2 Å². The van der Waals surface area contributed by atoms with Gasteiger partial charge in [0.05, 0.1) is 22.6 Å². The Labute approximate surface area is 184 Å². The molecule has 0 unspecified atom stereocenters. The maximum absolute atomic E-state index is 14.2. The fraction of sp³-hybridized carbons (Fsp3) is 0.217.